The Bertz CT molecular complexity index is 873. The predicted octanol–water partition coefficient (Wildman–Crippen LogP) is 4.80. The first-order chi connectivity index (χ1) is 9.90. The lowest BCUT2D eigenvalue weighted by atomic mass is 10.1. The fraction of sp³-hybridized carbons (Fsp3) is 0.143. The Hall–Kier alpha value is -1.11. The van der Waals surface area contributed by atoms with E-state index in [0.29, 0.717) is 26.2 Å². The van der Waals surface area contributed by atoms with Gasteiger partial charge in [-0.2, -0.15) is 4.80 Å². The molecule has 1 aromatic heterocycles. The average molecular weight is 431 g/mol. The number of hydrogen-bond donors (Lipinski definition) is 1. The van der Waals surface area contributed by atoms with Gasteiger partial charge in [-0.1, -0.05) is 27.5 Å². The van der Waals surface area contributed by atoms with Crippen molar-refractivity contribution in [2.24, 2.45) is 0 Å². The highest BCUT2D eigenvalue weighted by Crippen LogP contribution is 2.34. The molecule has 7 heteroatoms. The Morgan fingerprint density at radius 3 is 2.57 bits per heavy atom. The molecule has 21 heavy (non-hydrogen) atoms. The molecule has 0 amide bonds. The molecule has 0 aliphatic carbocycles. The number of benzene rings is 2. The van der Waals surface area contributed by atoms with E-state index in [9.17, 15) is 0 Å². The summed E-state index contributed by atoms with van der Waals surface area (Å²) >= 11 is 13.0. The van der Waals surface area contributed by atoms with Gasteiger partial charge in [0, 0.05) is 4.47 Å². The van der Waals surface area contributed by atoms with Crippen LogP contribution in [0.15, 0.2) is 27.1 Å². The van der Waals surface area contributed by atoms with Gasteiger partial charge in [0.15, 0.2) is 0 Å². The number of aromatic nitrogens is 3. The number of rotatable bonds is 1. The predicted molar refractivity (Wildman–Crippen MR) is 93.2 cm³/mol. The van der Waals surface area contributed by atoms with Crippen LogP contribution in [0.1, 0.15) is 11.1 Å². The minimum atomic E-state index is 0.463. The van der Waals surface area contributed by atoms with Crippen LogP contribution in [0.5, 0.6) is 0 Å². The Kier molecular flexibility index (Phi) is 3.71. The van der Waals surface area contributed by atoms with Crippen molar-refractivity contribution in [3.63, 3.8) is 0 Å². The number of nitrogen functional groups attached to an aromatic ring is 1. The summed E-state index contributed by atoms with van der Waals surface area (Å²) in [5.74, 6) is 0. The molecule has 0 atom stereocenters. The van der Waals surface area contributed by atoms with Crippen molar-refractivity contribution in [3.8, 4) is 5.69 Å². The summed E-state index contributed by atoms with van der Waals surface area (Å²) < 4.78 is 1.73. The Labute approximate surface area is 143 Å². The molecule has 1 heterocycles. The van der Waals surface area contributed by atoms with E-state index in [0.717, 1.165) is 21.3 Å². The second kappa shape index (κ2) is 5.26. The van der Waals surface area contributed by atoms with Crippen LogP contribution in [-0.2, 0) is 0 Å². The van der Waals surface area contributed by atoms with E-state index in [1.54, 1.807) is 10.9 Å². The molecule has 0 unspecified atom stereocenters. The number of nitrogens with two attached hydrogens (primary N) is 1. The Morgan fingerprint density at radius 2 is 1.86 bits per heavy atom. The zero-order chi connectivity index (χ0) is 15.3. The van der Waals surface area contributed by atoms with Crippen LogP contribution in [-0.4, -0.2) is 15.0 Å². The van der Waals surface area contributed by atoms with Crippen LogP contribution in [0.25, 0.3) is 16.7 Å². The lowest BCUT2D eigenvalue weighted by molar-refractivity contribution is 0.759. The number of halogens is 3. The molecule has 4 nitrogen and oxygen atoms in total. The number of hydrogen-bond acceptors (Lipinski definition) is 3. The first kappa shape index (κ1) is 14.8. The van der Waals surface area contributed by atoms with Crippen molar-refractivity contribution in [1.82, 2.24) is 15.0 Å². The van der Waals surface area contributed by atoms with Gasteiger partial charge in [0.2, 0.25) is 0 Å². The smallest absolute Gasteiger partial charge is 0.130 e. The van der Waals surface area contributed by atoms with E-state index < -0.39 is 0 Å². The number of anilines is 1. The molecule has 0 saturated heterocycles. The first-order valence-corrected chi connectivity index (χ1v) is 8.13. The average Bonchev–Trinajstić information content (AvgIpc) is 2.86. The summed E-state index contributed by atoms with van der Waals surface area (Å²) in [6.45, 7) is 4.09. The largest absolute Gasteiger partial charge is 0.397 e. The molecule has 0 aliphatic heterocycles. The van der Waals surface area contributed by atoms with Gasteiger partial charge in [0.05, 0.1) is 20.9 Å². The third-order valence-electron chi connectivity index (χ3n) is 3.51. The first-order valence-electron chi connectivity index (χ1n) is 6.16. The number of nitrogens with zero attached hydrogens (tertiary/aromatic N) is 3. The molecule has 2 aromatic carbocycles. The van der Waals surface area contributed by atoms with Gasteiger partial charge in [-0.3, -0.25) is 0 Å². The van der Waals surface area contributed by atoms with E-state index in [1.165, 1.54) is 0 Å². The van der Waals surface area contributed by atoms with Gasteiger partial charge >= 0.3 is 0 Å². The zero-order valence-corrected chi connectivity index (χ0v) is 15.2. The van der Waals surface area contributed by atoms with E-state index in [-0.39, 0.29) is 0 Å². The Balaban J connectivity index is 2.28. The molecular weight excluding hydrogens is 419 g/mol. The van der Waals surface area contributed by atoms with Crippen LogP contribution in [0.2, 0.25) is 5.02 Å². The maximum atomic E-state index is 6.09. The lowest BCUT2D eigenvalue weighted by Gasteiger charge is -2.08. The molecular formula is C14H11Br2ClN4. The van der Waals surface area contributed by atoms with Crippen LogP contribution < -0.4 is 5.73 Å². The SMILES string of the molecule is Cc1c(Br)ccc(-n2nc3cc(Cl)c(N)c(Br)c3n2)c1C. The molecule has 3 rings (SSSR count). The van der Waals surface area contributed by atoms with Gasteiger partial charge in [-0.05, 0) is 59.1 Å². The van der Waals surface area contributed by atoms with Crippen molar-refractivity contribution in [3.05, 3.63) is 43.3 Å². The van der Waals surface area contributed by atoms with Crippen molar-refractivity contribution in [2.45, 2.75) is 13.8 Å². The summed E-state index contributed by atoms with van der Waals surface area (Å²) in [5.41, 5.74) is 11.0. The minimum Gasteiger partial charge on any atom is -0.397 e. The van der Waals surface area contributed by atoms with Gasteiger partial charge in [0.25, 0.3) is 0 Å². The third-order valence-corrected chi connectivity index (χ3v) is 5.49. The van der Waals surface area contributed by atoms with Gasteiger partial charge in [0.1, 0.15) is 11.0 Å². The summed E-state index contributed by atoms with van der Waals surface area (Å²) in [6, 6.07) is 5.69. The van der Waals surface area contributed by atoms with Crippen molar-refractivity contribution >= 4 is 60.2 Å². The van der Waals surface area contributed by atoms with Crippen LogP contribution in [0, 0.1) is 13.8 Å². The van der Waals surface area contributed by atoms with E-state index in [2.05, 4.69) is 49.0 Å². The summed E-state index contributed by atoms with van der Waals surface area (Å²) in [4.78, 5) is 1.61. The highest BCUT2D eigenvalue weighted by molar-refractivity contribution is 9.11. The van der Waals surface area contributed by atoms with Crippen LogP contribution in [0.3, 0.4) is 0 Å². The number of fused-ring (bicyclic) bond motifs is 1. The molecule has 0 spiro atoms. The molecule has 0 aliphatic rings. The van der Waals surface area contributed by atoms with Crippen LogP contribution >= 0.6 is 43.5 Å². The van der Waals surface area contributed by atoms with E-state index in [4.69, 9.17) is 17.3 Å². The van der Waals surface area contributed by atoms with Gasteiger partial charge in [-0.25, -0.2) is 0 Å². The quantitative estimate of drug-likeness (QED) is 0.565. The lowest BCUT2D eigenvalue weighted by Crippen LogP contribution is -2.02. The topological polar surface area (TPSA) is 56.7 Å². The van der Waals surface area contributed by atoms with Crippen molar-refractivity contribution < 1.29 is 0 Å². The van der Waals surface area contributed by atoms with Gasteiger partial charge in [-0.15, -0.1) is 10.2 Å². The van der Waals surface area contributed by atoms with E-state index in [1.807, 2.05) is 19.1 Å². The maximum absolute atomic E-state index is 6.09. The molecule has 108 valence electrons. The summed E-state index contributed by atoms with van der Waals surface area (Å²) in [5, 5.41) is 9.48. The van der Waals surface area contributed by atoms with Crippen molar-refractivity contribution in [2.75, 3.05) is 5.73 Å². The molecule has 0 saturated carbocycles. The monoisotopic (exact) mass is 428 g/mol. The molecule has 0 radical (unpaired) electrons. The highest BCUT2D eigenvalue weighted by atomic mass is 79.9. The normalized spacial score (nSPS) is 11.3. The van der Waals surface area contributed by atoms with Gasteiger partial charge < -0.3 is 5.73 Å². The minimum absolute atomic E-state index is 0.463. The standard InChI is InChI=1S/C14H11Br2ClN4/c1-6-7(2)11(4-3-8(6)15)21-19-10-5-9(17)13(18)12(16)14(10)20-21/h3-5H,18H2,1-2H3. The van der Waals surface area contributed by atoms with Crippen LogP contribution in [0.4, 0.5) is 5.69 Å². The molecule has 0 bridgehead atoms. The van der Waals surface area contributed by atoms with Crippen molar-refractivity contribution in [1.29, 1.82) is 0 Å². The Morgan fingerprint density at radius 1 is 1.14 bits per heavy atom. The molecule has 3 aromatic rings. The second-order valence-corrected chi connectivity index (χ2v) is 6.81. The fourth-order valence-electron chi connectivity index (χ4n) is 2.10. The third kappa shape index (κ3) is 2.35. The second-order valence-electron chi connectivity index (χ2n) is 4.76. The maximum Gasteiger partial charge on any atom is 0.130 e. The summed E-state index contributed by atoms with van der Waals surface area (Å²) in [7, 11) is 0. The van der Waals surface area contributed by atoms with E-state index >= 15 is 0 Å². The highest BCUT2D eigenvalue weighted by Gasteiger charge is 2.15. The molecule has 0 fully saturated rings. The fourth-order valence-corrected chi connectivity index (χ4v) is 3.34. The zero-order valence-electron chi connectivity index (χ0n) is 11.3. The summed E-state index contributed by atoms with van der Waals surface area (Å²) in [6.07, 6.45) is 0. The molecule has 2 N–H and O–H groups in total.